The summed E-state index contributed by atoms with van der Waals surface area (Å²) in [6, 6.07) is 14.9. The molecule has 106 valence electrons. The molecule has 0 saturated heterocycles. The number of hydrogen-bond acceptors (Lipinski definition) is 2. The second-order valence-corrected chi connectivity index (χ2v) is 5.59. The Bertz CT molecular complexity index is 560. The van der Waals surface area contributed by atoms with Gasteiger partial charge in [0.1, 0.15) is 5.82 Å². The Hall–Kier alpha value is -1.39. The van der Waals surface area contributed by atoms with Crippen LogP contribution in [0.15, 0.2) is 53.0 Å². The molecule has 0 unspecified atom stereocenters. The van der Waals surface area contributed by atoms with Gasteiger partial charge in [0.15, 0.2) is 0 Å². The third-order valence-electron chi connectivity index (χ3n) is 3.08. The monoisotopic (exact) mass is 336 g/mol. The first-order valence-electron chi connectivity index (χ1n) is 6.57. The summed E-state index contributed by atoms with van der Waals surface area (Å²) in [7, 11) is 2.06. The van der Waals surface area contributed by atoms with E-state index in [9.17, 15) is 4.39 Å². The Balaban J connectivity index is 1.80. The van der Waals surface area contributed by atoms with E-state index in [1.807, 2.05) is 24.3 Å². The zero-order valence-electron chi connectivity index (χ0n) is 11.4. The van der Waals surface area contributed by atoms with Crippen molar-refractivity contribution >= 4 is 21.6 Å². The summed E-state index contributed by atoms with van der Waals surface area (Å²) < 4.78 is 14.6. The Labute approximate surface area is 127 Å². The molecule has 0 bridgehead atoms. The summed E-state index contributed by atoms with van der Waals surface area (Å²) in [6.07, 6.45) is 0. The highest BCUT2D eigenvalue weighted by atomic mass is 79.9. The largest absolute Gasteiger partial charge is 0.381 e. The van der Waals surface area contributed by atoms with Crippen molar-refractivity contribution in [2.75, 3.05) is 25.5 Å². The molecule has 0 aliphatic carbocycles. The molecule has 0 atom stereocenters. The van der Waals surface area contributed by atoms with E-state index in [0.29, 0.717) is 12.2 Å². The minimum atomic E-state index is -0.207. The van der Waals surface area contributed by atoms with E-state index >= 15 is 0 Å². The van der Waals surface area contributed by atoms with Crippen LogP contribution in [0.5, 0.6) is 0 Å². The average Bonchev–Trinajstić information content (AvgIpc) is 2.43. The van der Waals surface area contributed by atoms with Crippen molar-refractivity contribution in [2.24, 2.45) is 0 Å². The number of rotatable bonds is 6. The van der Waals surface area contributed by atoms with Gasteiger partial charge >= 0.3 is 0 Å². The minimum absolute atomic E-state index is 0.207. The van der Waals surface area contributed by atoms with Crippen LogP contribution in [0.2, 0.25) is 0 Å². The normalized spacial score (nSPS) is 10.8. The first kappa shape index (κ1) is 15.0. The number of benzene rings is 2. The Morgan fingerprint density at radius 1 is 1.10 bits per heavy atom. The van der Waals surface area contributed by atoms with Gasteiger partial charge in [0, 0.05) is 24.1 Å². The lowest BCUT2D eigenvalue weighted by Crippen LogP contribution is -2.25. The number of nitrogens with zero attached hydrogens (tertiary/aromatic N) is 1. The average molecular weight is 337 g/mol. The fourth-order valence-corrected chi connectivity index (χ4v) is 2.39. The summed E-state index contributed by atoms with van der Waals surface area (Å²) in [6.45, 7) is 2.41. The van der Waals surface area contributed by atoms with Crippen molar-refractivity contribution in [2.45, 2.75) is 6.54 Å². The number of halogens is 2. The molecule has 0 aliphatic rings. The van der Waals surface area contributed by atoms with E-state index in [1.165, 1.54) is 11.6 Å². The van der Waals surface area contributed by atoms with Crippen molar-refractivity contribution in [1.29, 1.82) is 0 Å². The molecule has 0 saturated carbocycles. The molecule has 0 aromatic heterocycles. The maximum atomic E-state index is 13.4. The molecule has 2 aromatic rings. The number of likely N-dealkylation sites (N-methyl/N-ethyl adjacent to an activating group) is 1. The highest BCUT2D eigenvalue weighted by Gasteiger charge is 2.04. The highest BCUT2D eigenvalue weighted by Crippen LogP contribution is 2.17. The van der Waals surface area contributed by atoms with Gasteiger partial charge in [-0.05, 0) is 30.8 Å². The van der Waals surface area contributed by atoms with Crippen LogP contribution in [0.1, 0.15) is 5.56 Å². The van der Waals surface area contributed by atoms with Crippen molar-refractivity contribution < 1.29 is 4.39 Å². The van der Waals surface area contributed by atoms with Gasteiger partial charge in [-0.2, -0.15) is 0 Å². The van der Waals surface area contributed by atoms with Crippen LogP contribution in [-0.2, 0) is 6.54 Å². The molecule has 0 aliphatic heterocycles. The zero-order valence-corrected chi connectivity index (χ0v) is 13.0. The molecule has 1 N–H and O–H groups in total. The van der Waals surface area contributed by atoms with Crippen molar-refractivity contribution in [3.63, 3.8) is 0 Å². The van der Waals surface area contributed by atoms with Crippen molar-refractivity contribution in [1.82, 2.24) is 4.90 Å². The Kier molecular flexibility index (Phi) is 5.56. The summed E-state index contributed by atoms with van der Waals surface area (Å²) in [5, 5.41) is 3.12. The second kappa shape index (κ2) is 7.41. The minimum Gasteiger partial charge on any atom is -0.381 e. The predicted octanol–water partition coefficient (Wildman–Crippen LogP) is 4.13. The highest BCUT2D eigenvalue weighted by molar-refractivity contribution is 9.10. The van der Waals surface area contributed by atoms with Crippen LogP contribution < -0.4 is 5.32 Å². The topological polar surface area (TPSA) is 15.3 Å². The standard InChI is InChI=1S/C16H18BrFN2/c1-20(12-13-6-2-3-7-14(13)17)11-10-19-16-9-5-4-8-15(16)18/h2-9,19H,10-12H2,1H3. The summed E-state index contributed by atoms with van der Waals surface area (Å²) in [5.41, 5.74) is 1.81. The molecule has 2 aromatic carbocycles. The molecule has 2 nitrogen and oxygen atoms in total. The van der Waals surface area contributed by atoms with E-state index in [2.05, 4.69) is 39.3 Å². The van der Waals surface area contributed by atoms with Gasteiger partial charge in [-0.1, -0.05) is 46.3 Å². The Morgan fingerprint density at radius 2 is 1.80 bits per heavy atom. The van der Waals surface area contributed by atoms with E-state index in [-0.39, 0.29) is 5.82 Å². The molecule has 20 heavy (non-hydrogen) atoms. The lowest BCUT2D eigenvalue weighted by molar-refractivity contribution is 0.339. The van der Waals surface area contributed by atoms with Gasteiger partial charge in [0.2, 0.25) is 0 Å². The molecule has 0 amide bonds. The number of hydrogen-bond donors (Lipinski definition) is 1. The van der Waals surface area contributed by atoms with Crippen molar-refractivity contribution in [3.05, 3.63) is 64.4 Å². The number of nitrogens with one attached hydrogen (secondary N) is 1. The third kappa shape index (κ3) is 4.32. The number of para-hydroxylation sites is 1. The van der Waals surface area contributed by atoms with Gasteiger partial charge in [-0.25, -0.2) is 4.39 Å². The van der Waals surface area contributed by atoms with Gasteiger partial charge in [-0.3, -0.25) is 0 Å². The Morgan fingerprint density at radius 3 is 2.55 bits per heavy atom. The molecule has 0 spiro atoms. The first-order chi connectivity index (χ1) is 9.66. The maximum absolute atomic E-state index is 13.4. The van der Waals surface area contributed by atoms with Gasteiger partial charge < -0.3 is 10.2 Å². The smallest absolute Gasteiger partial charge is 0.146 e. The van der Waals surface area contributed by atoms with Gasteiger partial charge in [-0.15, -0.1) is 0 Å². The maximum Gasteiger partial charge on any atom is 0.146 e. The fourth-order valence-electron chi connectivity index (χ4n) is 1.98. The van der Waals surface area contributed by atoms with Crippen LogP contribution in [0.3, 0.4) is 0 Å². The molecule has 2 rings (SSSR count). The van der Waals surface area contributed by atoms with E-state index < -0.39 is 0 Å². The fraction of sp³-hybridized carbons (Fsp3) is 0.250. The second-order valence-electron chi connectivity index (χ2n) is 4.74. The third-order valence-corrected chi connectivity index (χ3v) is 3.85. The van der Waals surface area contributed by atoms with E-state index in [1.54, 1.807) is 12.1 Å². The van der Waals surface area contributed by atoms with E-state index in [0.717, 1.165) is 17.6 Å². The molecular weight excluding hydrogens is 319 g/mol. The van der Waals surface area contributed by atoms with Crippen molar-refractivity contribution in [3.8, 4) is 0 Å². The molecule has 0 heterocycles. The quantitative estimate of drug-likeness (QED) is 0.853. The summed E-state index contributed by atoms with van der Waals surface area (Å²) >= 11 is 3.55. The van der Waals surface area contributed by atoms with Crippen LogP contribution in [-0.4, -0.2) is 25.0 Å². The van der Waals surface area contributed by atoms with Crippen LogP contribution in [0.4, 0.5) is 10.1 Å². The molecule has 4 heteroatoms. The van der Waals surface area contributed by atoms with Gasteiger partial charge in [0.05, 0.1) is 5.69 Å². The van der Waals surface area contributed by atoms with Crippen LogP contribution in [0, 0.1) is 5.82 Å². The van der Waals surface area contributed by atoms with Gasteiger partial charge in [0.25, 0.3) is 0 Å². The van der Waals surface area contributed by atoms with E-state index in [4.69, 9.17) is 0 Å². The zero-order chi connectivity index (χ0) is 14.4. The predicted molar refractivity (Wildman–Crippen MR) is 85.4 cm³/mol. The lowest BCUT2D eigenvalue weighted by atomic mass is 10.2. The summed E-state index contributed by atoms with van der Waals surface area (Å²) in [5.74, 6) is -0.207. The first-order valence-corrected chi connectivity index (χ1v) is 7.36. The van der Waals surface area contributed by atoms with Crippen LogP contribution >= 0.6 is 15.9 Å². The lowest BCUT2D eigenvalue weighted by Gasteiger charge is -2.18. The number of anilines is 1. The molecule has 0 radical (unpaired) electrons. The van der Waals surface area contributed by atoms with Crippen LogP contribution in [0.25, 0.3) is 0 Å². The molecular formula is C16H18BrFN2. The summed E-state index contributed by atoms with van der Waals surface area (Å²) in [4.78, 5) is 2.20. The molecule has 0 fully saturated rings. The SMILES string of the molecule is CN(CCNc1ccccc1F)Cc1ccccc1Br.